The smallest absolute Gasteiger partial charge is 0.338 e. The molecule has 0 fully saturated rings. The third kappa shape index (κ3) is 4.65. The van der Waals surface area contributed by atoms with Crippen LogP contribution in [0.3, 0.4) is 0 Å². The van der Waals surface area contributed by atoms with Gasteiger partial charge in [0.15, 0.2) is 0 Å². The molecule has 0 spiro atoms. The Hall–Kier alpha value is -1.72. The minimum absolute atomic E-state index is 0.0689. The van der Waals surface area contributed by atoms with Gasteiger partial charge >= 0.3 is 12.2 Å². The highest BCUT2D eigenvalue weighted by atomic mass is 19.4. The third-order valence-electron chi connectivity index (χ3n) is 2.24. The molecular weight excluding hydrogens is 245 g/mol. The van der Waals surface area contributed by atoms with Crippen LogP contribution in [0.5, 0.6) is 0 Å². The summed E-state index contributed by atoms with van der Waals surface area (Å²) in [5.74, 6) is 0. The quantitative estimate of drug-likeness (QED) is 0.858. The van der Waals surface area contributed by atoms with E-state index < -0.39 is 11.7 Å². The Labute approximate surface area is 103 Å². The van der Waals surface area contributed by atoms with Crippen molar-refractivity contribution in [3.63, 3.8) is 0 Å². The summed E-state index contributed by atoms with van der Waals surface area (Å²) >= 11 is 0. The monoisotopic (exact) mass is 260 g/mol. The van der Waals surface area contributed by atoms with Crippen molar-refractivity contribution in [3.05, 3.63) is 35.4 Å². The van der Waals surface area contributed by atoms with Crippen molar-refractivity contribution in [2.75, 3.05) is 6.54 Å². The van der Waals surface area contributed by atoms with E-state index in [0.717, 1.165) is 18.6 Å². The van der Waals surface area contributed by atoms with Crippen LogP contribution in [0.4, 0.5) is 18.0 Å². The molecule has 1 aromatic carbocycles. The molecule has 0 saturated heterocycles. The van der Waals surface area contributed by atoms with Crippen LogP contribution in [0.1, 0.15) is 24.5 Å². The van der Waals surface area contributed by atoms with Crippen LogP contribution >= 0.6 is 0 Å². The van der Waals surface area contributed by atoms with E-state index in [1.54, 1.807) is 0 Å². The second-order valence-electron chi connectivity index (χ2n) is 3.81. The van der Waals surface area contributed by atoms with Crippen LogP contribution in [0.2, 0.25) is 0 Å². The lowest BCUT2D eigenvalue weighted by molar-refractivity contribution is -0.137. The van der Waals surface area contributed by atoms with E-state index in [9.17, 15) is 18.0 Å². The van der Waals surface area contributed by atoms with Crippen LogP contribution in [0.15, 0.2) is 24.3 Å². The summed E-state index contributed by atoms with van der Waals surface area (Å²) in [5, 5.41) is 5.07. The van der Waals surface area contributed by atoms with Crippen molar-refractivity contribution in [1.29, 1.82) is 0 Å². The van der Waals surface area contributed by atoms with Gasteiger partial charge in [-0.3, -0.25) is 0 Å². The average molecular weight is 260 g/mol. The molecule has 0 heterocycles. The molecule has 0 atom stereocenters. The van der Waals surface area contributed by atoms with Gasteiger partial charge < -0.3 is 10.6 Å². The Bertz CT molecular complexity index is 405. The summed E-state index contributed by atoms with van der Waals surface area (Å²) in [4.78, 5) is 11.2. The lowest BCUT2D eigenvalue weighted by Crippen LogP contribution is -2.35. The number of hydrogen-bond donors (Lipinski definition) is 2. The lowest BCUT2D eigenvalue weighted by Gasteiger charge is -2.10. The number of rotatable bonds is 4. The number of urea groups is 1. The van der Waals surface area contributed by atoms with Gasteiger partial charge in [0.1, 0.15) is 0 Å². The van der Waals surface area contributed by atoms with Crippen molar-refractivity contribution in [2.24, 2.45) is 0 Å². The summed E-state index contributed by atoms with van der Waals surface area (Å²) < 4.78 is 37.3. The number of nitrogens with one attached hydrogen (secondary N) is 2. The molecule has 100 valence electrons. The Morgan fingerprint density at radius 3 is 2.61 bits per heavy atom. The maximum absolute atomic E-state index is 12.4. The Balaban J connectivity index is 2.55. The number of amides is 2. The number of carbonyl (C=O) groups excluding carboxylic acids is 1. The highest BCUT2D eigenvalue weighted by Crippen LogP contribution is 2.29. The molecule has 6 heteroatoms. The van der Waals surface area contributed by atoms with Gasteiger partial charge in [-0.2, -0.15) is 13.2 Å². The van der Waals surface area contributed by atoms with Crippen molar-refractivity contribution in [3.8, 4) is 0 Å². The first-order chi connectivity index (χ1) is 8.43. The average Bonchev–Trinajstić information content (AvgIpc) is 2.33. The summed E-state index contributed by atoms with van der Waals surface area (Å²) in [5.41, 5.74) is -0.299. The van der Waals surface area contributed by atoms with Gasteiger partial charge in [-0.15, -0.1) is 0 Å². The molecule has 0 aromatic heterocycles. The number of hydrogen-bond acceptors (Lipinski definition) is 1. The van der Waals surface area contributed by atoms with Gasteiger partial charge in [0.2, 0.25) is 0 Å². The topological polar surface area (TPSA) is 41.1 Å². The molecule has 0 radical (unpaired) electrons. The molecule has 1 aromatic rings. The van der Waals surface area contributed by atoms with Crippen molar-refractivity contribution in [1.82, 2.24) is 10.6 Å². The second-order valence-corrected chi connectivity index (χ2v) is 3.81. The van der Waals surface area contributed by atoms with E-state index in [-0.39, 0.29) is 12.6 Å². The molecule has 0 aliphatic heterocycles. The highest BCUT2D eigenvalue weighted by molar-refractivity contribution is 5.73. The molecule has 2 N–H and O–H groups in total. The molecule has 0 saturated carbocycles. The van der Waals surface area contributed by atoms with Gasteiger partial charge in [0.05, 0.1) is 5.56 Å². The van der Waals surface area contributed by atoms with Crippen molar-refractivity contribution < 1.29 is 18.0 Å². The van der Waals surface area contributed by atoms with Crippen LogP contribution in [-0.2, 0) is 12.7 Å². The first-order valence-corrected chi connectivity index (χ1v) is 5.61. The van der Waals surface area contributed by atoms with E-state index in [1.807, 2.05) is 6.92 Å². The summed E-state index contributed by atoms with van der Waals surface area (Å²) in [6.07, 6.45) is -3.56. The van der Waals surface area contributed by atoms with E-state index in [2.05, 4.69) is 10.6 Å². The minimum Gasteiger partial charge on any atom is -0.338 e. The molecule has 1 rings (SSSR count). The van der Waals surface area contributed by atoms with Gasteiger partial charge in [-0.05, 0) is 24.1 Å². The molecule has 0 aliphatic rings. The van der Waals surface area contributed by atoms with E-state index in [0.29, 0.717) is 12.1 Å². The van der Waals surface area contributed by atoms with Crippen LogP contribution in [0, 0.1) is 0 Å². The predicted molar refractivity (Wildman–Crippen MR) is 62.0 cm³/mol. The fourth-order valence-electron chi connectivity index (χ4n) is 1.34. The fraction of sp³-hybridized carbons (Fsp3) is 0.417. The molecule has 0 aliphatic carbocycles. The van der Waals surface area contributed by atoms with Crippen LogP contribution in [0.25, 0.3) is 0 Å². The first kappa shape index (κ1) is 14.3. The van der Waals surface area contributed by atoms with E-state index in [4.69, 9.17) is 0 Å². The Morgan fingerprint density at radius 1 is 1.28 bits per heavy atom. The summed E-state index contributed by atoms with van der Waals surface area (Å²) in [6.45, 7) is 2.51. The maximum atomic E-state index is 12.4. The highest BCUT2D eigenvalue weighted by Gasteiger charge is 2.30. The maximum Gasteiger partial charge on any atom is 0.416 e. The zero-order valence-electron chi connectivity index (χ0n) is 9.97. The summed E-state index contributed by atoms with van der Waals surface area (Å²) in [7, 11) is 0. The van der Waals surface area contributed by atoms with Crippen molar-refractivity contribution in [2.45, 2.75) is 26.1 Å². The van der Waals surface area contributed by atoms with Gasteiger partial charge in [0.25, 0.3) is 0 Å². The molecule has 0 unspecified atom stereocenters. The number of alkyl halides is 3. The zero-order chi connectivity index (χ0) is 13.6. The molecule has 0 bridgehead atoms. The van der Waals surface area contributed by atoms with Gasteiger partial charge in [-0.25, -0.2) is 4.79 Å². The normalized spacial score (nSPS) is 11.1. The number of carbonyl (C=O) groups is 1. The molecule has 3 nitrogen and oxygen atoms in total. The lowest BCUT2D eigenvalue weighted by atomic mass is 10.1. The summed E-state index contributed by atoms with van der Waals surface area (Å²) in [6, 6.07) is 4.51. The van der Waals surface area contributed by atoms with Gasteiger partial charge in [-0.1, -0.05) is 19.1 Å². The standard InChI is InChI=1S/C12H15F3N2O/c1-2-6-16-11(18)17-8-9-4-3-5-10(7-9)12(13,14)15/h3-5,7H,2,6,8H2,1H3,(H2,16,17,18). The molecular formula is C12H15F3N2O. The fourth-order valence-corrected chi connectivity index (χ4v) is 1.34. The molecule has 18 heavy (non-hydrogen) atoms. The number of halogens is 3. The predicted octanol–water partition coefficient (Wildman–Crippen LogP) is 2.91. The molecule has 2 amide bonds. The van der Waals surface area contributed by atoms with E-state index >= 15 is 0 Å². The third-order valence-corrected chi connectivity index (χ3v) is 2.24. The second kappa shape index (κ2) is 6.28. The van der Waals surface area contributed by atoms with Crippen molar-refractivity contribution >= 4 is 6.03 Å². The van der Waals surface area contributed by atoms with E-state index in [1.165, 1.54) is 12.1 Å². The zero-order valence-corrected chi connectivity index (χ0v) is 9.97. The van der Waals surface area contributed by atoms with Crippen LogP contribution in [-0.4, -0.2) is 12.6 Å². The minimum atomic E-state index is -4.36. The Morgan fingerprint density at radius 2 is 2.00 bits per heavy atom. The van der Waals surface area contributed by atoms with Crippen LogP contribution < -0.4 is 10.6 Å². The van der Waals surface area contributed by atoms with Gasteiger partial charge in [0, 0.05) is 13.1 Å². The number of benzene rings is 1. The SMILES string of the molecule is CCCNC(=O)NCc1cccc(C(F)(F)F)c1. The Kier molecular flexibility index (Phi) is 5.00. The first-order valence-electron chi connectivity index (χ1n) is 5.61. The largest absolute Gasteiger partial charge is 0.416 e.